The average molecular weight is 221 g/mol. The van der Waals surface area contributed by atoms with Crippen LogP contribution in [0.2, 0.25) is 0 Å². The van der Waals surface area contributed by atoms with Gasteiger partial charge >= 0.3 is 0 Å². The van der Waals surface area contributed by atoms with Crippen LogP contribution in [0.5, 0.6) is 0 Å². The molecule has 0 saturated carbocycles. The second-order valence-corrected chi connectivity index (χ2v) is 3.02. The smallest absolute Gasteiger partial charge is 0.0885 e. The fraction of sp³-hybridized carbons (Fsp3) is 0.714. The quantitative estimate of drug-likeness (QED) is 0.302. The second kappa shape index (κ2) is 7.10. The molecular formula is C7H11N9. The zero-order valence-electron chi connectivity index (χ0n) is 8.64. The molecule has 0 spiro atoms. The minimum Gasteiger partial charge on any atom is -0.252 e. The topological polar surface area (TPSA) is 128 Å². The Morgan fingerprint density at radius 3 is 2.81 bits per heavy atom. The lowest BCUT2D eigenvalue weighted by Crippen LogP contribution is -1.99. The van der Waals surface area contributed by atoms with Gasteiger partial charge in [-0.2, -0.15) is 0 Å². The molecule has 0 fully saturated rings. The highest BCUT2D eigenvalue weighted by molar-refractivity contribution is 4.91. The monoisotopic (exact) mass is 221 g/mol. The third-order valence-corrected chi connectivity index (χ3v) is 1.84. The maximum atomic E-state index is 8.12. The summed E-state index contributed by atoms with van der Waals surface area (Å²) in [6.07, 6.45) is 3.42. The Hall–Kier alpha value is -2.24. The van der Waals surface area contributed by atoms with Gasteiger partial charge in [-0.1, -0.05) is 15.4 Å². The molecule has 9 heteroatoms. The lowest BCUT2D eigenvalue weighted by molar-refractivity contribution is 0.544. The molecule has 1 aromatic heterocycles. The number of azide groups is 2. The van der Waals surface area contributed by atoms with E-state index in [-0.39, 0.29) is 6.54 Å². The Bertz CT molecular complexity index is 409. The van der Waals surface area contributed by atoms with Gasteiger partial charge in [-0.15, -0.1) is 5.10 Å². The summed E-state index contributed by atoms with van der Waals surface area (Å²) < 4.78 is 1.68. The summed E-state index contributed by atoms with van der Waals surface area (Å²) in [5.74, 6) is 0. The summed E-state index contributed by atoms with van der Waals surface area (Å²) in [5.41, 5.74) is 16.8. The fourth-order valence-corrected chi connectivity index (χ4v) is 1.13. The van der Waals surface area contributed by atoms with E-state index in [1.54, 1.807) is 10.9 Å². The van der Waals surface area contributed by atoms with Gasteiger partial charge in [0.25, 0.3) is 0 Å². The van der Waals surface area contributed by atoms with Gasteiger partial charge in [-0.25, -0.2) is 0 Å². The first-order valence-electron chi connectivity index (χ1n) is 4.77. The van der Waals surface area contributed by atoms with Crippen molar-refractivity contribution in [2.75, 3.05) is 6.54 Å². The zero-order valence-corrected chi connectivity index (χ0v) is 8.64. The molecule has 0 aliphatic heterocycles. The highest BCUT2D eigenvalue weighted by atomic mass is 15.4. The fourth-order valence-electron chi connectivity index (χ4n) is 1.13. The van der Waals surface area contributed by atoms with Crippen molar-refractivity contribution in [3.63, 3.8) is 0 Å². The van der Waals surface area contributed by atoms with Crippen molar-refractivity contribution < 1.29 is 0 Å². The predicted molar refractivity (Wildman–Crippen MR) is 56.1 cm³/mol. The summed E-state index contributed by atoms with van der Waals surface area (Å²) >= 11 is 0. The van der Waals surface area contributed by atoms with Crippen molar-refractivity contribution in [3.05, 3.63) is 32.8 Å². The van der Waals surface area contributed by atoms with Crippen LogP contribution in [0.25, 0.3) is 20.9 Å². The number of rotatable bonds is 7. The highest BCUT2D eigenvalue weighted by Gasteiger charge is 1.98. The Morgan fingerprint density at radius 1 is 1.25 bits per heavy atom. The van der Waals surface area contributed by atoms with Crippen LogP contribution in [0.1, 0.15) is 18.5 Å². The van der Waals surface area contributed by atoms with Crippen LogP contribution < -0.4 is 0 Å². The summed E-state index contributed by atoms with van der Waals surface area (Å²) in [4.78, 5) is 5.30. The third-order valence-electron chi connectivity index (χ3n) is 1.84. The Morgan fingerprint density at radius 2 is 2.06 bits per heavy atom. The van der Waals surface area contributed by atoms with E-state index >= 15 is 0 Å². The molecule has 0 unspecified atom stereocenters. The lowest BCUT2D eigenvalue weighted by atomic mass is 10.3. The molecule has 0 radical (unpaired) electrons. The molecule has 1 heterocycles. The minimum absolute atomic E-state index is 0.217. The van der Waals surface area contributed by atoms with Crippen molar-refractivity contribution in [1.82, 2.24) is 15.0 Å². The number of aromatic nitrogens is 3. The highest BCUT2D eigenvalue weighted by Crippen LogP contribution is 1.99. The molecule has 1 rings (SSSR count). The third kappa shape index (κ3) is 4.32. The number of unbranched alkanes of at least 4 members (excludes halogenated alkanes) is 1. The van der Waals surface area contributed by atoms with Crippen molar-refractivity contribution >= 4 is 0 Å². The van der Waals surface area contributed by atoms with Crippen LogP contribution in [-0.4, -0.2) is 21.5 Å². The summed E-state index contributed by atoms with van der Waals surface area (Å²) in [5, 5.41) is 14.5. The molecule has 0 amide bonds. The molecule has 1 aromatic rings. The van der Waals surface area contributed by atoms with E-state index in [0.717, 1.165) is 12.8 Å². The molecule has 0 aliphatic rings. The standard InChI is InChI=1S/C7H11N9/c8-13-10-3-1-2-4-16-6-7(12-15-16)5-11-14-9/h6H,1-5H2. The molecule has 0 bridgehead atoms. The summed E-state index contributed by atoms with van der Waals surface area (Å²) in [6, 6.07) is 0. The van der Waals surface area contributed by atoms with Gasteiger partial charge in [-0.05, 0) is 23.9 Å². The number of hydrogen-bond donors (Lipinski definition) is 0. The molecule has 84 valence electrons. The molecule has 0 atom stereocenters. The average Bonchev–Trinajstić information content (AvgIpc) is 2.74. The lowest BCUT2D eigenvalue weighted by Gasteiger charge is -1.97. The predicted octanol–water partition coefficient (Wildman–Crippen LogP) is 2.18. The summed E-state index contributed by atoms with van der Waals surface area (Å²) in [6.45, 7) is 1.43. The maximum absolute atomic E-state index is 8.12. The maximum Gasteiger partial charge on any atom is 0.0885 e. The van der Waals surface area contributed by atoms with E-state index in [1.165, 1.54) is 0 Å². The molecule has 0 aromatic carbocycles. The van der Waals surface area contributed by atoms with E-state index < -0.39 is 0 Å². The van der Waals surface area contributed by atoms with Gasteiger partial charge in [0.1, 0.15) is 0 Å². The van der Waals surface area contributed by atoms with Crippen molar-refractivity contribution in [3.8, 4) is 0 Å². The number of nitrogens with zero attached hydrogens (tertiary/aromatic N) is 9. The summed E-state index contributed by atoms with van der Waals surface area (Å²) in [7, 11) is 0. The number of hydrogen-bond acceptors (Lipinski definition) is 4. The molecule has 0 saturated heterocycles. The van der Waals surface area contributed by atoms with E-state index in [9.17, 15) is 0 Å². The van der Waals surface area contributed by atoms with Gasteiger partial charge < -0.3 is 0 Å². The van der Waals surface area contributed by atoms with Crippen LogP contribution in [0.4, 0.5) is 0 Å². The van der Waals surface area contributed by atoms with Gasteiger partial charge in [-0.3, -0.25) is 4.68 Å². The first kappa shape index (κ1) is 11.8. The molecule has 0 N–H and O–H groups in total. The van der Waals surface area contributed by atoms with E-state index in [1.807, 2.05) is 0 Å². The Kier molecular flexibility index (Phi) is 5.25. The van der Waals surface area contributed by atoms with E-state index in [0.29, 0.717) is 18.8 Å². The number of aryl methyl sites for hydroxylation is 1. The molecule has 16 heavy (non-hydrogen) atoms. The van der Waals surface area contributed by atoms with E-state index in [2.05, 4.69) is 30.4 Å². The minimum atomic E-state index is 0.217. The first-order chi connectivity index (χ1) is 7.86. The van der Waals surface area contributed by atoms with Crippen LogP contribution in [0.15, 0.2) is 16.4 Å². The molecular weight excluding hydrogens is 210 g/mol. The van der Waals surface area contributed by atoms with Gasteiger partial charge in [0, 0.05) is 29.1 Å². The van der Waals surface area contributed by atoms with Gasteiger partial charge in [0.15, 0.2) is 0 Å². The van der Waals surface area contributed by atoms with Crippen LogP contribution in [0.3, 0.4) is 0 Å². The Balaban J connectivity index is 2.28. The normalized spacial score (nSPS) is 9.25. The SMILES string of the molecule is [N-]=[N+]=NCCCCn1cc(CN=[N+]=[N-])nn1. The molecule has 9 nitrogen and oxygen atoms in total. The van der Waals surface area contributed by atoms with E-state index in [4.69, 9.17) is 11.1 Å². The van der Waals surface area contributed by atoms with Gasteiger partial charge in [0.2, 0.25) is 0 Å². The van der Waals surface area contributed by atoms with Crippen LogP contribution >= 0.6 is 0 Å². The Labute approximate surface area is 91.3 Å². The zero-order chi connectivity index (χ0) is 11.6. The van der Waals surface area contributed by atoms with Crippen LogP contribution in [0, 0.1) is 0 Å². The van der Waals surface area contributed by atoms with Crippen molar-refractivity contribution in [2.45, 2.75) is 25.9 Å². The van der Waals surface area contributed by atoms with Gasteiger partial charge in [0.05, 0.1) is 12.2 Å². The first-order valence-corrected chi connectivity index (χ1v) is 4.77. The van der Waals surface area contributed by atoms with Crippen molar-refractivity contribution in [1.29, 1.82) is 0 Å². The largest absolute Gasteiger partial charge is 0.252 e. The van der Waals surface area contributed by atoms with Crippen molar-refractivity contribution in [2.24, 2.45) is 10.2 Å². The second-order valence-electron chi connectivity index (χ2n) is 3.02. The van der Waals surface area contributed by atoms with Crippen LogP contribution in [-0.2, 0) is 13.1 Å². The molecule has 0 aliphatic carbocycles.